The highest BCUT2D eigenvalue weighted by Crippen LogP contribution is 2.17. The molecule has 0 aliphatic heterocycles. The van der Waals surface area contributed by atoms with E-state index in [0.29, 0.717) is 12.3 Å². The number of nitrogens with one attached hydrogen (secondary N) is 1. The third kappa shape index (κ3) is 6.37. The van der Waals surface area contributed by atoms with Gasteiger partial charge < -0.3 is 10.2 Å². The second-order valence-electron chi connectivity index (χ2n) is 5.56. The van der Waals surface area contributed by atoms with E-state index in [1.165, 1.54) is 11.3 Å². The standard InChI is InChI=1S/C19H24N2OS/c1-16-9-11-18(12-10-16)23-15-19(22)20-13-6-14-21(2)17-7-4-3-5-8-17/h3-5,7-12H,6,13-15H2,1-2H3,(H,20,22). The minimum Gasteiger partial charge on any atom is -0.375 e. The average Bonchev–Trinajstić information content (AvgIpc) is 2.59. The van der Waals surface area contributed by atoms with Gasteiger partial charge in [0.15, 0.2) is 0 Å². The van der Waals surface area contributed by atoms with Crippen molar-refractivity contribution in [2.24, 2.45) is 0 Å². The maximum Gasteiger partial charge on any atom is 0.230 e. The first-order valence-corrected chi connectivity index (χ1v) is 8.86. The lowest BCUT2D eigenvalue weighted by atomic mass is 10.2. The predicted octanol–water partition coefficient (Wildman–Crippen LogP) is 3.73. The van der Waals surface area contributed by atoms with Crippen LogP contribution in [0.1, 0.15) is 12.0 Å². The molecule has 23 heavy (non-hydrogen) atoms. The van der Waals surface area contributed by atoms with Crippen molar-refractivity contribution in [2.75, 3.05) is 30.8 Å². The smallest absolute Gasteiger partial charge is 0.230 e. The number of carbonyl (C=O) groups excluding carboxylic acids is 1. The zero-order valence-electron chi connectivity index (χ0n) is 13.8. The molecule has 1 amide bonds. The predicted molar refractivity (Wildman–Crippen MR) is 99.2 cm³/mol. The molecule has 2 rings (SSSR count). The van der Waals surface area contributed by atoms with E-state index in [1.54, 1.807) is 11.8 Å². The number of hydrogen-bond donors (Lipinski definition) is 1. The molecule has 0 spiro atoms. The minimum atomic E-state index is 0.0953. The van der Waals surface area contributed by atoms with E-state index in [-0.39, 0.29) is 5.91 Å². The molecule has 0 fully saturated rings. The van der Waals surface area contributed by atoms with Gasteiger partial charge in [-0.05, 0) is 37.6 Å². The highest BCUT2D eigenvalue weighted by Gasteiger charge is 2.03. The summed E-state index contributed by atoms with van der Waals surface area (Å²) < 4.78 is 0. The monoisotopic (exact) mass is 328 g/mol. The Bertz CT molecular complexity index is 599. The van der Waals surface area contributed by atoms with E-state index in [2.05, 4.69) is 60.6 Å². The summed E-state index contributed by atoms with van der Waals surface area (Å²) in [6, 6.07) is 18.5. The van der Waals surface area contributed by atoms with Gasteiger partial charge in [0, 0.05) is 30.7 Å². The Morgan fingerprint density at radius 2 is 1.78 bits per heavy atom. The fourth-order valence-corrected chi connectivity index (χ4v) is 2.92. The summed E-state index contributed by atoms with van der Waals surface area (Å²) in [5.41, 5.74) is 2.44. The Morgan fingerprint density at radius 3 is 2.48 bits per heavy atom. The maximum absolute atomic E-state index is 11.9. The van der Waals surface area contributed by atoms with E-state index in [1.807, 2.05) is 18.2 Å². The van der Waals surface area contributed by atoms with E-state index in [4.69, 9.17) is 0 Å². The molecule has 0 heterocycles. The van der Waals surface area contributed by atoms with Gasteiger partial charge in [-0.3, -0.25) is 4.79 Å². The van der Waals surface area contributed by atoms with Crippen LogP contribution in [-0.4, -0.2) is 31.8 Å². The van der Waals surface area contributed by atoms with Crippen LogP contribution in [0, 0.1) is 6.92 Å². The van der Waals surface area contributed by atoms with Gasteiger partial charge in [0.2, 0.25) is 5.91 Å². The summed E-state index contributed by atoms with van der Waals surface area (Å²) in [6.45, 7) is 3.70. The van der Waals surface area contributed by atoms with Crippen LogP contribution in [0.2, 0.25) is 0 Å². The third-order valence-electron chi connectivity index (χ3n) is 3.58. The number of hydrogen-bond acceptors (Lipinski definition) is 3. The van der Waals surface area contributed by atoms with Gasteiger partial charge in [-0.1, -0.05) is 35.9 Å². The Morgan fingerprint density at radius 1 is 1.09 bits per heavy atom. The van der Waals surface area contributed by atoms with Crippen molar-refractivity contribution in [3.8, 4) is 0 Å². The van der Waals surface area contributed by atoms with Crippen LogP contribution >= 0.6 is 11.8 Å². The lowest BCUT2D eigenvalue weighted by molar-refractivity contribution is -0.118. The van der Waals surface area contributed by atoms with Gasteiger partial charge >= 0.3 is 0 Å². The van der Waals surface area contributed by atoms with Crippen molar-refractivity contribution in [2.45, 2.75) is 18.2 Å². The fourth-order valence-electron chi connectivity index (χ4n) is 2.19. The molecule has 122 valence electrons. The molecular weight excluding hydrogens is 304 g/mol. The Hall–Kier alpha value is -1.94. The van der Waals surface area contributed by atoms with Crippen molar-refractivity contribution in [3.05, 3.63) is 60.2 Å². The van der Waals surface area contributed by atoms with Gasteiger partial charge in [-0.2, -0.15) is 0 Å². The first-order chi connectivity index (χ1) is 11.1. The summed E-state index contributed by atoms with van der Waals surface area (Å²) in [6.07, 6.45) is 0.937. The van der Waals surface area contributed by atoms with Crippen LogP contribution in [0.4, 0.5) is 5.69 Å². The molecular formula is C19H24N2OS. The summed E-state index contributed by atoms with van der Waals surface area (Å²) in [5, 5.41) is 2.98. The number of nitrogens with zero attached hydrogens (tertiary/aromatic N) is 1. The van der Waals surface area contributed by atoms with Crippen LogP contribution < -0.4 is 10.2 Å². The molecule has 0 radical (unpaired) electrons. The molecule has 1 N–H and O–H groups in total. The average molecular weight is 328 g/mol. The summed E-state index contributed by atoms with van der Waals surface area (Å²) in [4.78, 5) is 15.2. The van der Waals surface area contributed by atoms with Crippen molar-refractivity contribution >= 4 is 23.4 Å². The summed E-state index contributed by atoms with van der Waals surface area (Å²) in [7, 11) is 2.07. The molecule has 0 atom stereocenters. The number of benzene rings is 2. The fraction of sp³-hybridized carbons (Fsp3) is 0.316. The molecule has 0 aliphatic rings. The normalized spacial score (nSPS) is 10.3. The highest BCUT2D eigenvalue weighted by molar-refractivity contribution is 8.00. The number of anilines is 1. The molecule has 4 heteroatoms. The Kier molecular flexibility index (Phi) is 7.01. The van der Waals surface area contributed by atoms with Gasteiger partial charge in [0.25, 0.3) is 0 Å². The maximum atomic E-state index is 11.9. The SMILES string of the molecule is Cc1ccc(SCC(=O)NCCCN(C)c2ccccc2)cc1. The van der Waals surface area contributed by atoms with Crippen molar-refractivity contribution in [3.63, 3.8) is 0 Å². The summed E-state index contributed by atoms with van der Waals surface area (Å²) >= 11 is 1.58. The van der Waals surface area contributed by atoms with Crippen LogP contribution in [-0.2, 0) is 4.79 Å². The zero-order valence-corrected chi connectivity index (χ0v) is 14.6. The lowest BCUT2D eigenvalue weighted by Crippen LogP contribution is -2.29. The van der Waals surface area contributed by atoms with E-state index < -0.39 is 0 Å². The van der Waals surface area contributed by atoms with Crippen LogP contribution in [0.25, 0.3) is 0 Å². The second-order valence-corrected chi connectivity index (χ2v) is 6.61. The van der Waals surface area contributed by atoms with Gasteiger partial charge in [-0.25, -0.2) is 0 Å². The molecule has 0 aromatic heterocycles. The van der Waals surface area contributed by atoms with Crippen LogP contribution in [0.5, 0.6) is 0 Å². The largest absolute Gasteiger partial charge is 0.375 e. The number of aryl methyl sites for hydroxylation is 1. The molecule has 3 nitrogen and oxygen atoms in total. The minimum absolute atomic E-state index is 0.0953. The highest BCUT2D eigenvalue weighted by atomic mass is 32.2. The van der Waals surface area contributed by atoms with Gasteiger partial charge in [0.05, 0.1) is 5.75 Å². The molecule has 0 saturated heterocycles. The van der Waals surface area contributed by atoms with E-state index >= 15 is 0 Å². The van der Waals surface area contributed by atoms with Gasteiger partial charge in [0.1, 0.15) is 0 Å². The molecule has 0 bridgehead atoms. The Balaban J connectivity index is 1.60. The third-order valence-corrected chi connectivity index (χ3v) is 4.59. The van der Waals surface area contributed by atoms with Crippen LogP contribution in [0.15, 0.2) is 59.5 Å². The molecule has 0 saturated carbocycles. The molecule has 0 aliphatic carbocycles. The number of para-hydroxylation sites is 1. The van der Waals surface area contributed by atoms with Crippen molar-refractivity contribution < 1.29 is 4.79 Å². The molecule has 2 aromatic carbocycles. The van der Waals surface area contributed by atoms with Crippen molar-refractivity contribution in [1.82, 2.24) is 5.32 Å². The van der Waals surface area contributed by atoms with Gasteiger partial charge in [-0.15, -0.1) is 11.8 Å². The van der Waals surface area contributed by atoms with Crippen molar-refractivity contribution in [1.29, 1.82) is 0 Å². The van der Waals surface area contributed by atoms with Crippen LogP contribution in [0.3, 0.4) is 0 Å². The number of rotatable bonds is 8. The summed E-state index contributed by atoms with van der Waals surface area (Å²) in [5.74, 6) is 0.565. The van der Waals surface area contributed by atoms with E-state index in [0.717, 1.165) is 17.9 Å². The molecule has 2 aromatic rings. The number of amides is 1. The first kappa shape index (κ1) is 17.4. The lowest BCUT2D eigenvalue weighted by Gasteiger charge is -2.19. The second kappa shape index (κ2) is 9.26. The first-order valence-electron chi connectivity index (χ1n) is 7.87. The zero-order chi connectivity index (χ0) is 16.5. The molecule has 0 unspecified atom stereocenters. The number of thioether (sulfide) groups is 1. The topological polar surface area (TPSA) is 32.3 Å². The van der Waals surface area contributed by atoms with E-state index in [9.17, 15) is 4.79 Å². The Labute approximate surface area is 143 Å². The number of carbonyl (C=O) groups is 1. The quantitative estimate of drug-likeness (QED) is 0.592.